The van der Waals surface area contributed by atoms with E-state index in [0.717, 1.165) is 0 Å². The van der Waals surface area contributed by atoms with E-state index in [-0.39, 0.29) is 0 Å². The van der Waals surface area contributed by atoms with Crippen LogP contribution in [0.15, 0.2) is 60.2 Å². The Balaban J connectivity index is 0.00000106. The van der Waals surface area contributed by atoms with E-state index >= 15 is 0 Å². The van der Waals surface area contributed by atoms with Crippen molar-refractivity contribution in [3.05, 3.63) is 65.8 Å². The Morgan fingerprint density at radius 1 is 0.938 bits per heavy atom. The Morgan fingerprint density at radius 2 is 1.56 bits per heavy atom. The molecule has 0 aliphatic rings. The van der Waals surface area contributed by atoms with Gasteiger partial charge in [0.1, 0.15) is 0 Å². The number of hydrogen-bond acceptors (Lipinski definition) is 0. The molecule has 0 heterocycles. The molecule has 0 aliphatic heterocycles. The predicted octanol–water partition coefficient (Wildman–Crippen LogP) is 5.25. The van der Waals surface area contributed by atoms with E-state index in [9.17, 15) is 0 Å². The largest absolute Gasteiger partial charge is 0.0871 e. The molecule has 16 heavy (non-hydrogen) atoms. The highest BCUT2D eigenvalue weighted by Gasteiger charge is 1.84. The molecule has 1 aromatic rings. The minimum absolute atomic E-state index is 1.23. The van der Waals surface area contributed by atoms with E-state index in [1.165, 1.54) is 11.1 Å². The van der Waals surface area contributed by atoms with Crippen LogP contribution in [0.1, 0.15) is 33.3 Å². The first kappa shape index (κ1) is 14.4. The molecule has 0 nitrogen and oxygen atoms in total. The molecule has 0 unspecified atom stereocenters. The molecule has 86 valence electrons. The summed E-state index contributed by atoms with van der Waals surface area (Å²) in [4.78, 5) is 0. The molecule has 1 aromatic carbocycles. The molecule has 1 rings (SSSR count). The van der Waals surface area contributed by atoms with Crippen LogP contribution >= 0.6 is 0 Å². The van der Waals surface area contributed by atoms with Crippen LogP contribution in [-0.2, 0) is 0 Å². The summed E-state index contributed by atoms with van der Waals surface area (Å²) in [5.74, 6) is 0. The molecule has 0 fully saturated rings. The summed E-state index contributed by atoms with van der Waals surface area (Å²) >= 11 is 0. The van der Waals surface area contributed by atoms with E-state index in [1.54, 1.807) is 0 Å². The van der Waals surface area contributed by atoms with Gasteiger partial charge in [0.25, 0.3) is 0 Å². The Hall–Kier alpha value is -1.56. The second-order valence-corrected chi connectivity index (χ2v) is 3.03. The molecule has 0 atom stereocenters. The summed E-state index contributed by atoms with van der Waals surface area (Å²) in [7, 11) is 0. The average Bonchev–Trinajstić information content (AvgIpc) is 2.38. The second kappa shape index (κ2) is 9.97. The van der Waals surface area contributed by atoms with Gasteiger partial charge in [-0.15, -0.1) is 0 Å². The summed E-state index contributed by atoms with van der Waals surface area (Å²) in [6.07, 6.45) is 10.5. The van der Waals surface area contributed by atoms with Gasteiger partial charge in [-0.1, -0.05) is 74.6 Å². The van der Waals surface area contributed by atoms with Gasteiger partial charge >= 0.3 is 0 Å². The molecule has 0 radical (unpaired) electrons. The van der Waals surface area contributed by atoms with Crippen LogP contribution in [0.2, 0.25) is 0 Å². The molecule has 0 spiro atoms. The summed E-state index contributed by atoms with van der Waals surface area (Å²) < 4.78 is 0. The molecule has 0 bridgehead atoms. The van der Waals surface area contributed by atoms with E-state index in [0.29, 0.717) is 0 Å². The zero-order valence-corrected chi connectivity index (χ0v) is 10.8. The first-order valence-corrected chi connectivity index (χ1v) is 5.89. The lowest BCUT2D eigenvalue weighted by Crippen LogP contribution is -1.71. The van der Waals surface area contributed by atoms with Crippen LogP contribution in [0, 0.1) is 0 Å². The van der Waals surface area contributed by atoms with E-state index in [4.69, 9.17) is 0 Å². The quantitative estimate of drug-likeness (QED) is 0.603. The fraction of sp³-hybridized carbons (Fsp3) is 0.250. The smallest absolute Gasteiger partial charge is 0.0256 e. The summed E-state index contributed by atoms with van der Waals surface area (Å²) in [5.41, 5.74) is 2.47. The van der Waals surface area contributed by atoms with E-state index in [1.807, 2.05) is 52.0 Å². The molecule has 0 heteroatoms. The maximum absolute atomic E-state index is 2.12. The second-order valence-electron chi connectivity index (χ2n) is 3.03. The molecular formula is C16H22. The van der Waals surface area contributed by atoms with Gasteiger partial charge in [-0.3, -0.25) is 0 Å². The standard InChI is InChI=1S/C14H16.C2H6/c1-3-8-13(4-2)11-12-14-9-6-5-7-10-14;1-2/h3-12H,1-2H3;1-2H3/b8-3-,12-11+,13-4+;. The summed E-state index contributed by atoms with van der Waals surface area (Å²) in [6, 6.07) is 10.3. The van der Waals surface area contributed by atoms with Gasteiger partial charge in [-0.05, 0) is 25.0 Å². The van der Waals surface area contributed by atoms with Crippen molar-refractivity contribution >= 4 is 6.08 Å². The first-order chi connectivity index (χ1) is 7.86. The highest BCUT2D eigenvalue weighted by Crippen LogP contribution is 2.05. The topological polar surface area (TPSA) is 0 Å². The van der Waals surface area contributed by atoms with Crippen molar-refractivity contribution < 1.29 is 0 Å². The molecule has 0 saturated heterocycles. The highest BCUT2D eigenvalue weighted by molar-refractivity contribution is 5.54. The minimum atomic E-state index is 1.23. The third-order valence-corrected chi connectivity index (χ3v) is 1.96. The molecule has 0 saturated carbocycles. The lowest BCUT2D eigenvalue weighted by molar-refractivity contribution is 1.50. The summed E-state index contributed by atoms with van der Waals surface area (Å²) in [5, 5.41) is 0. The zero-order chi connectivity index (χ0) is 12.2. The molecule has 0 N–H and O–H groups in total. The van der Waals surface area contributed by atoms with Gasteiger partial charge in [-0.25, -0.2) is 0 Å². The highest BCUT2D eigenvalue weighted by atomic mass is 13.9. The number of allylic oxidation sites excluding steroid dienone is 5. The third-order valence-electron chi connectivity index (χ3n) is 1.96. The fourth-order valence-corrected chi connectivity index (χ4v) is 1.20. The van der Waals surface area contributed by atoms with Crippen LogP contribution in [0.4, 0.5) is 0 Å². The predicted molar refractivity (Wildman–Crippen MR) is 75.4 cm³/mol. The van der Waals surface area contributed by atoms with Crippen molar-refractivity contribution in [3.63, 3.8) is 0 Å². The zero-order valence-electron chi connectivity index (χ0n) is 10.8. The van der Waals surface area contributed by atoms with Crippen LogP contribution in [0.5, 0.6) is 0 Å². The van der Waals surface area contributed by atoms with Crippen molar-refractivity contribution in [3.8, 4) is 0 Å². The summed E-state index contributed by atoms with van der Waals surface area (Å²) in [6.45, 7) is 8.07. The van der Waals surface area contributed by atoms with Crippen molar-refractivity contribution in [2.24, 2.45) is 0 Å². The molecular weight excluding hydrogens is 192 g/mol. The third kappa shape index (κ3) is 6.02. The first-order valence-electron chi connectivity index (χ1n) is 5.89. The number of hydrogen-bond donors (Lipinski definition) is 0. The van der Waals surface area contributed by atoms with Crippen molar-refractivity contribution in [2.75, 3.05) is 0 Å². The van der Waals surface area contributed by atoms with E-state index in [2.05, 4.69) is 36.4 Å². The van der Waals surface area contributed by atoms with Gasteiger partial charge in [-0.2, -0.15) is 0 Å². The van der Waals surface area contributed by atoms with Gasteiger partial charge in [0.05, 0.1) is 0 Å². The van der Waals surface area contributed by atoms with Crippen LogP contribution in [0.25, 0.3) is 6.08 Å². The minimum Gasteiger partial charge on any atom is -0.0871 e. The molecule has 0 amide bonds. The SMILES string of the molecule is CC.C\C=C/C(/C=C/c1ccccc1)=C\C. The van der Waals surface area contributed by atoms with Crippen molar-refractivity contribution in [1.29, 1.82) is 0 Å². The van der Waals surface area contributed by atoms with E-state index < -0.39 is 0 Å². The van der Waals surface area contributed by atoms with Gasteiger partial charge in [0.15, 0.2) is 0 Å². The van der Waals surface area contributed by atoms with Crippen molar-refractivity contribution in [2.45, 2.75) is 27.7 Å². The van der Waals surface area contributed by atoms with Gasteiger partial charge in [0.2, 0.25) is 0 Å². The maximum Gasteiger partial charge on any atom is -0.0256 e. The van der Waals surface area contributed by atoms with Gasteiger partial charge in [0, 0.05) is 0 Å². The lowest BCUT2D eigenvalue weighted by Gasteiger charge is -1.93. The van der Waals surface area contributed by atoms with Gasteiger partial charge < -0.3 is 0 Å². The maximum atomic E-state index is 2.12. The molecule has 0 aromatic heterocycles. The molecule has 0 aliphatic carbocycles. The number of rotatable bonds is 3. The van der Waals surface area contributed by atoms with Crippen LogP contribution in [-0.4, -0.2) is 0 Å². The Morgan fingerprint density at radius 3 is 2.06 bits per heavy atom. The Labute approximate surface area is 100 Å². The fourth-order valence-electron chi connectivity index (χ4n) is 1.20. The average molecular weight is 214 g/mol. The lowest BCUT2D eigenvalue weighted by atomic mass is 10.1. The van der Waals surface area contributed by atoms with Crippen LogP contribution < -0.4 is 0 Å². The number of benzene rings is 1. The van der Waals surface area contributed by atoms with Crippen molar-refractivity contribution in [1.82, 2.24) is 0 Å². The normalized spacial score (nSPS) is 11.6. The monoisotopic (exact) mass is 214 g/mol. The Bertz CT molecular complexity index is 340. The van der Waals surface area contributed by atoms with Crippen LogP contribution in [0.3, 0.4) is 0 Å². The Kier molecular flexibility index (Phi) is 9.00.